The summed E-state index contributed by atoms with van der Waals surface area (Å²) in [5.41, 5.74) is 0. The Labute approximate surface area is 224 Å². The van der Waals surface area contributed by atoms with Gasteiger partial charge in [-0.25, -0.2) is 0 Å². The van der Waals surface area contributed by atoms with Crippen molar-refractivity contribution in [1.82, 2.24) is 0 Å². The number of aldehydes is 1. The van der Waals surface area contributed by atoms with E-state index in [0.717, 1.165) is 75.8 Å². The van der Waals surface area contributed by atoms with Gasteiger partial charge in [-0.1, -0.05) is 74.1 Å². The second kappa shape index (κ2) is 23.8. The van der Waals surface area contributed by atoms with Crippen molar-refractivity contribution < 1.29 is 28.2 Å². The van der Waals surface area contributed by atoms with E-state index in [1.165, 1.54) is 0 Å². The van der Waals surface area contributed by atoms with E-state index in [2.05, 4.69) is 48.5 Å². The van der Waals surface area contributed by atoms with Crippen LogP contribution in [-0.4, -0.2) is 72.1 Å². The number of hydrogen-bond acceptors (Lipinski definition) is 6. The van der Waals surface area contributed by atoms with Crippen LogP contribution in [0.1, 0.15) is 106 Å². The van der Waals surface area contributed by atoms with E-state index < -0.39 is 8.32 Å². The first-order valence-corrected chi connectivity index (χ1v) is 17.6. The maximum atomic E-state index is 11.7. The van der Waals surface area contributed by atoms with Crippen molar-refractivity contribution >= 4 is 14.6 Å². The van der Waals surface area contributed by atoms with Crippen molar-refractivity contribution in [2.75, 3.05) is 33.0 Å². The van der Waals surface area contributed by atoms with Crippen LogP contribution in [-0.2, 0) is 28.2 Å². The van der Waals surface area contributed by atoms with E-state index in [0.29, 0.717) is 33.0 Å². The monoisotopic (exact) mass is 532 g/mol. The molecule has 0 N–H and O–H groups in total. The summed E-state index contributed by atoms with van der Waals surface area (Å²) in [5, 5.41) is 0. The van der Waals surface area contributed by atoms with Gasteiger partial charge in [0, 0.05) is 32.8 Å². The molecule has 0 bridgehead atoms. The zero-order valence-electron chi connectivity index (χ0n) is 24.9. The third-order valence-electron chi connectivity index (χ3n) is 7.09. The SMILES string of the molecule is CCCCOC[C@@H](O[Si](CC)(CC)CC)[C@@H](OCCCC)[C@@H](OCCCC)[C@H](CC=O)OCCCC. The van der Waals surface area contributed by atoms with Gasteiger partial charge in [-0.15, -0.1) is 0 Å². The molecule has 0 aromatic carbocycles. The Balaban J connectivity index is 6.24. The van der Waals surface area contributed by atoms with Crippen LogP contribution in [0.15, 0.2) is 0 Å². The lowest BCUT2D eigenvalue weighted by Gasteiger charge is -2.41. The van der Waals surface area contributed by atoms with E-state index in [1.807, 2.05) is 0 Å². The maximum Gasteiger partial charge on any atom is 0.192 e. The van der Waals surface area contributed by atoms with Crippen LogP contribution in [0, 0.1) is 0 Å². The number of carbonyl (C=O) groups excluding carboxylic acids is 1. The summed E-state index contributed by atoms with van der Waals surface area (Å²) in [4.78, 5) is 11.7. The first-order valence-electron chi connectivity index (χ1n) is 15.1. The van der Waals surface area contributed by atoms with Crippen molar-refractivity contribution in [3.8, 4) is 0 Å². The minimum atomic E-state index is -1.95. The molecule has 216 valence electrons. The molecular weight excluding hydrogens is 472 g/mol. The van der Waals surface area contributed by atoms with Gasteiger partial charge in [0.1, 0.15) is 18.5 Å². The zero-order valence-corrected chi connectivity index (χ0v) is 25.9. The van der Waals surface area contributed by atoms with Gasteiger partial charge < -0.3 is 28.2 Å². The Kier molecular flexibility index (Phi) is 23.6. The summed E-state index contributed by atoms with van der Waals surface area (Å²) >= 11 is 0. The fraction of sp³-hybridized carbons (Fsp3) is 0.966. The molecule has 0 saturated heterocycles. The lowest BCUT2D eigenvalue weighted by molar-refractivity contribution is -0.176. The highest BCUT2D eigenvalue weighted by Crippen LogP contribution is 2.29. The molecule has 0 aromatic rings. The number of hydrogen-bond donors (Lipinski definition) is 0. The Morgan fingerprint density at radius 2 is 1.06 bits per heavy atom. The summed E-state index contributed by atoms with van der Waals surface area (Å²) < 4.78 is 32.6. The van der Waals surface area contributed by atoms with Gasteiger partial charge in [-0.2, -0.15) is 0 Å². The highest BCUT2D eigenvalue weighted by Gasteiger charge is 2.42. The fourth-order valence-corrected chi connectivity index (χ4v) is 7.13. The molecule has 0 aliphatic carbocycles. The minimum absolute atomic E-state index is 0.249. The van der Waals surface area contributed by atoms with Gasteiger partial charge in [0.25, 0.3) is 0 Å². The number of carbonyl (C=O) groups is 1. The van der Waals surface area contributed by atoms with Crippen molar-refractivity contribution in [2.24, 2.45) is 0 Å². The zero-order chi connectivity index (χ0) is 27.1. The fourth-order valence-electron chi connectivity index (χ4n) is 4.29. The van der Waals surface area contributed by atoms with Crippen LogP contribution in [0.3, 0.4) is 0 Å². The van der Waals surface area contributed by atoms with E-state index in [-0.39, 0.29) is 30.8 Å². The highest BCUT2D eigenvalue weighted by molar-refractivity contribution is 6.73. The Morgan fingerprint density at radius 1 is 0.611 bits per heavy atom. The Morgan fingerprint density at radius 3 is 1.50 bits per heavy atom. The summed E-state index contributed by atoms with van der Waals surface area (Å²) in [5.74, 6) is 0. The maximum absolute atomic E-state index is 11.7. The lowest BCUT2D eigenvalue weighted by atomic mass is 10.00. The van der Waals surface area contributed by atoms with E-state index in [9.17, 15) is 4.79 Å². The average Bonchev–Trinajstić information content (AvgIpc) is 2.90. The largest absolute Gasteiger partial charge is 0.409 e. The molecule has 0 aliphatic heterocycles. The second-order valence-electron chi connectivity index (χ2n) is 9.87. The minimum Gasteiger partial charge on any atom is -0.409 e. The smallest absolute Gasteiger partial charge is 0.192 e. The van der Waals surface area contributed by atoms with E-state index in [4.69, 9.17) is 23.4 Å². The van der Waals surface area contributed by atoms with Gasteiger partial charge in [0.15, 0.2) is 8.32 Å². The summed E-state index contributed by atoms with van der Waals surface area (Å²) in [6, 6.07) is 3.16. The van der Waals surface area contributed by atoms with Crippen LogP contribution in [0.5, 0.6) is 0 Å². The quantitative estimate of drug-likeness (QED) is 0.0626. The molecule has 4 atom stereocenters. The molecule has 0 aromatic heterocycles. The van der Waals surface area contributed by atoms with Gasteiger partial charge >= 0.3 is 0 Å². The van der Waals surface area contributed by atoms with Crippen molar-refractivity contribution in [1.29, 1.82) is 0 Å². The standard InChI is InChI=1S/C29H60O6Si/c1-8-15-21-31-25-27(35-36(12-5,13-6)14-7)29(34-24-18-11-4)28(33-23-17-10-3)26(19-20-30)32-22-16-9-2/h20,26-29H,8-19,21-25H2,1-7H3/t26-,27+,28-,29+/m0/s1. The number of rotatable bonds is 27. The topological polar surface area (TPSA) is 63.2 Å². The van der Waals surface area contributed by atoms with E-state index in [1.54, 1.807) is 0 Å². The van der Waals surface area contributed by atoms with Crippen LogP contribution in [0.2, 0.25) is 18.1 Å². The van der Waals surface area contributed by atoms with Crippen molar-refractivity contribution in [3.05, 3.63) is 0 Å². The molecule has 36 heavy (non-hydrogen) atoms. The van der Waals surface area contributed by atoms with E-state index >= 15 is 0 Å². The third kappa shape index (κ3) is 14.6. The second-order valence-corrected chi connectivity index (χ2v) is 14.6. The average molecular weight is 533 g/mol. The molecule has 0 rings (SSSR count). The summed E-state index contributed by atoms with van der Waals surface area (Å²) in [6.45, 7) is 18.4. The molecule has 0 aliphatic rings. The van der Waals surface area contributed by atoms with Crippen LogP contribution < -0.4 is 0 Å². The molecule has 0 fully saturated rings. The summed E-state index contributed by atoms with van der Waals surface area (Å²) in [6.07, 6.45) is 8.02. The molecule has 0 spiro atoms. The number of ether oxygens (including phenoxy) is 4. The summed E-state index contributed by atoms with van der Waals surface area (Å²) in [7, 11) is -1.95. The highest BCUT2D eigenvalue weighted by atomic mass is 28.4. The molecule has 7 heteroatoms. The first kappa shape index (κ1) is 35.7. The number of unbranched alkanes of at least 4 members (excludes halogenated alkanes) is 4. The molecule has 0 amide bonds. The Bertz CT molecular complexity index is 480. The molecule has 0 radical (unpaired) electrons. The predicted molar refractivity (Wildman–Crippen MR) is 152 cm³/mol. The van der Waals surface area contributed by atoms with Gasteiger partial charge in [0.2, 0.25) is 0 Å². The molecule has 0 unspecified atom stereocenters. The molecule has 0 heterocycles. The molecule has 0 saturated carbocycles. The lowest BCUT2D eigenvalue weighted by Crippen LogP contribution is -2.55. The first-order chi connectivity index (χ1) is 17.5. The van der Waals surface area contributed by atoms with Crippen LogP contribution >= 0.6 is 0 Å². The van der Waals surface area contributed by atoms with Crippen LogP contribution in [0.4, 0.5) is 0 Å². The Hall–Kier alpha value is -0.313. The van der Waals surface area contributed by atoms with Crippen molar-refractivity contribution in [2.45, 2.75) is 149 Å². The molecular formula is C29H60O6Si. The molecule has 6 nitrogen and oxygen atoms in total. The van der Waals surface area contributed by atoms with Gasteiger partial charge in [0.05, 0.1) is 18.8 Å². The van der Waals surface area contributed by atoms with Gasteiger partial charge in [-0.05, 0) is 43.8 Å². The predicted octanol–water partition coefficient (Wildman–Crippen LogP) is 7.34. The van der Waals surface area contributed by atoms with Crippen LogP contribution in [0.25, 0.3) is 0 Å². The third-order valence-corrected chi connectivity index (χ3v) is 11.8. The van der Waals surface area contributed by atoms with Gasteiger partial charge in [-0.3, -0.25) is 0 Å². The van der Waals surface area contributed by atoms with Crippen molar-refractivity contribution in [3.63, 3.8) is 0 Å². The normalized spacial score (nSPS) is 15.5.